The van der Waals surface area contributed by atoms with Crippen LogP contribution in [-0.4, -0.2) is 47.3 Å². The first kappa shape index (κ1) is 15.0. The van der Waals surface area contributed by atoms with Crippen molar-refractivity contribution in [3.05, 3.63) is 12.2 Å². The van der Waals surface area contributed by atoms with E-state index in [1.165, 1.54) is 0 Å². The van der Waals surface area contributed by atoms with E-state index in [0.29, 0.717) is 5.92 Å². The Kier molecular flexibility index (Phi) is 4.36. The maximum absolute atomic E-state index is 12.6. The van der Waals surface area contributed by atoms with Crippen LogP contribution in [0.1, 0.15) is 45.4 Å². The molecule has 1 aliphatic carbocycles. The van der Waals surface area contributed by atoms with Crippen molar-refractivity contribution in [3.63, 3.8) is 0 Å². The van der Waals surface area contributed by atoms with Crippen molar-refractivity contribution >= 4 is 5.97 Å². The smallest absolute Gasteiger partial charge is 0.342 e. The first-order chi connectivity index (χ1) is 10.1. The molecule has 1 saturated carbocycles. The van der Waals surface area contributed by atoms with Crippen molar-refractivity contribution in [2.24, 2.45) is 11.8 Å². The van der Waals surface area contributed by atoms with Gasteiger partial charge in [-0.1, -0.05) is 18.9 Å². The van der Waals surface area contributed by atoms with Crippen molar-refractivity contribution in [2.75, 3.05) is 19.6 Å². The number of nitrogens with zero attached hydrogens (tertiary/aromatic N) is 1. The van der Waals surface area contributed by atoms with Gasteiger partial charge in [0.05, 0.1) is 0 Å². The summed E-state index contributed by atoms with van der Waals surface area (Å²) in [5.41, 5.74) is -1.42. The monoisotopic (exact) mass is 293 g/mol. The van der Waals surface area contributed by atoms with Crippen LogP contribution >= 0.6 is 0 Å². The Morgan fingerprint density at radius 2 is 1.90 bits per heavy atom. The molecule has 2 atom stereocenters. The minimum Gasteiger partial charge on any atom is -0.458 e. The van der Waals surface area contributed by atoms with Gasteiger partial charge in [-0.25, -0.2) is 4.79 Å². The number of ether oxygens (including phenoxy) is 1. The fourth-order valence-electron chi connectivity index (χ4n) is 4.27. The molecule has 4 rings (SSSR count). The van der Waals surface area contributed by atoms with Gasteiger partial charge < -0.3 is 9.84 Å². The van der Waals surface area contributed by atoms with Gasteiger partial charge in [0, 0.05) is 12.5 Å². The maximum atomic E-state index is 12.6. The largest absolute Gasteiger partial charge is 0.458 e. The van der Waals surface area contributed by atoms with Gasteiger partial charge in [-0.3, -0.25) is 4.90 Å². The average Bonchev–Trinajstić information content (AvgIpc) is 3.03. The summed E-state index contributed by atoms with van der Waals surface area (Å²) in [6, 6.07) is 0. The second-order valence-corrected chi connectivity index (χ2v) is 6.89. The van der Waals surface area contributed by atoms with Crippen LogP contribution in [0, 0.1) is 11.8 Å². The predicted octanol–water partition coefficient (Wildman–Crippen LogP) is 2.12. The van der Waals surface area contributed by atoms with Crippen molar-refractivity contribution in [1.29, 1.82) is 0 Å². The molecule has 0 amide bonds. The number of allylic oxidation sites excluding steroid dienone is 1. The van der Waals surface area contributed by atoms with E-state index in [-0.39, 0.29) is 12.0 Å². The van der Waals surface area contributed by atoms with Gasteiger partial charge in [0.2, 0.25) is 0 Å². The molecule has 118 valence electrons. The van der Waals surface area contributed by atoms with Crippen LogP contribution in [0.15, 0.2) is 12.2 Å². The molecule has 4 heteroatoms. The van der Waals surface area contributed by atoms with Crippen molar-refractivity contribution in [1.82, 2.24) is 4.90 Å². The van der Waals surface area contributed by atoms with Crippen molar-refractivity contribution < 1.29 is 14.6 Å². The summed E-state index contributed by atoms with van der Waals surface area (Å²) in [6.45, 7) is 4.94. The lowest BCUT2D eigenvalue weighted by Crippen LogP contribution is -2.54. The molecular formula is C17H27NO3. The van der Waals surface area contributed by atoms with Gasteiger partial charge in [-0.15, -0.1) is 0 Å². The molecule has 3 saturated heterocycles. The second-order valence-electron chi connectivity index (χ2n) is 6.89. The first-order valence-corrected chi connectivity index (χ1v) is 8.43. The summed E-state index contributed by atoms with van der Waals surface area (Å²) in [7, 11) is 0. The third-order valence-corrected chi connectivity index (χ3v) is 5.58. The highest BCUT2D eigenvalue weighted by atomic mass is 16.6. The Hall–Kier alpha value is -0.870. The van der Waals surface area contributed by atoms with E-state index in [4.69, 9.17) is 4.74 Å². The second kappa shape index (κ2) is 6.09. The molecule has 21 heavy (non-hydrogen) atoms. The lowest BCUT2D eigenvalue weighted by Gasteiger charge is -2.44. The number of carbonyl (C=O) groups excluding carboxylic acids is 1. The minimum atomic E-state index is -1.42. The Morgan fingerprint density at radius 1 is 1.24 bits per heavy atom. The first-order valence-electron chi connectivity index (χ1n) is 8.43. The van der Waals surface area contributed by atoms with Gasteiger partial charge in [-0.2, -0.15) is 0 Å². The van der Waals surface area contributed by atoms with Gasteiger partial charge >= 0.3 is 5.97 Å². The van der Waals surface area contributed by atoms with Gasteiger partial charge in [-0.05, 0) is 57.7 Å². The van der Waals surface area contributed by atoms with Crippen LogP contribution in [0.3, 0.4) is 0 Å². The fourth-order valence-corrected chi connectivity index (χ4v) is 4.27. The lowest BCUT2D eigenvalue weighted by atomic mass is 9.84. The zero-order valence-electron chi connectivity index (χ0n) is 13.0. The molecule has 3 heterocycles. The van der Waals surface area contributed by atoms with E-state index < -0.39 is 11.6 Å². The zero-order chi connectivity index (χ0) is 14.9. The van der Waals surface area contributed by atoms with Crippen LogP contribution in [-0.2, 0) is 9.53 Å². The summed E-state index contributed by atoms with van der Waals surface area (Å²) < 4.78 is 5.77. The zero-order valence-corrected chi connectivity index (χ0v) is 13.0. The molecule has 0 aromatic carbocycles. The quantitative estimate of drug-likeness (QED) is 0.637. The van der Waals surface area contributed by atoms with E-state index in [0.717, 1.165) is 58.2 Å². The van der Waals surface area contributed by atoms with E-state index in [9.17, 15) is 9.90 Å². The fraction of sp³-hybridized carbons (Fsp3) is 0.824. The molecular weight excluding hydrogens is 266 g/mol. The lowest BCUT2D eigenvalue weighted by molar-refractivity contribution is -0.180. The van der Waals surface area contributed by atoms with Gasteiger partial charge in [0.1, 0.15) is 6.10 Å². The number of rotatable bonds is 4. The van der Waals surface area contributed by atoms with Crippen LogP contribution < -0.4 is 0 Å². The molecule has 3 aliphatic heterocycles. The molecule has 2 bridgehead atoms. The van der Waals surface area contributed by atoms with Crippen LogP contribution in [0.4, 0.5) is 0 Å². The van der Waals surface area contributed by atoms with Gasteiger partial charge in [0.25, 0.3) is 0 Å². The maximum Gasteiger partial charge on any atom is 0.342 e. The molecule has 2 unspecified atom stereocenters. The Balaban J connectivity index is 1.69. The Bertz CT molecular complexity index is 408. The standard InChI is InChI=1S/C17H27NO3/c1-2-9-17(20,14-5-3-4-6-14)16(19)21-15-12-18-10-7-13(15)8-11-18/h2,9,13-15,20H,3-8,10-12H2,1H3/b9-2-. The molecule has 4 fully saturated rings. The van der Waals surface area contributed by atoms with E-state index in [1.54, 1.807) is 12.2 Å². The SMILES string of the molecule is C/C=C\C(O)(C(=O)OC1CN2CCC1CC2)C1CCCC1. The van der Waals surface area contributed by atoms with E-state index in [2.05, 4.69) is 4.90 Å². The average molecular weight is 293 g/mol. The molecule has 4 nitrogen and oxygen atoms in total. The highest BCUT2D eigenvalue weighted by Crippen LogP contribution is 2.37. The van der Waals surface area contributed by atoms with Gasteiger partial charge in [0.15, 0.2) is 5.60 Å². The van der Waals surface area contributed by atoms with Crippen molar-refractivity contribution in [2.45, 2.75) is 57.2 Å². The summed E-state index contributed by atoms with van der Waals surface area (Å²) in [6.07, 6.45) is 9.63. The minimum absolute atomic E-state index is 0.0160. The number of hydrogen-bond acceptors (Lipinski definition) is 4. The Labute approximate surface area is 127 Å². The molecule has 0 aromatic rings. The topological polar surface area (TPSA) is 49.8 Å². The summed E-state index contributed by atoms with van der Waals surface area (Å²) >= 11 is 0. The third kappa shape index (κ3) is 2.88. The highest BCUT2D eigenvalue weighted by molar-refractivity contribution is 5.82. The molecule has 1 N–H and O–H groups in total. The summed E-state index contributed by atoms with van der Waals surface area (Å²) in [4.78, 5) is 15.0. The molecule has 0 aromatic heterocycles. The van der Waals surface area contributed by atoms with Crippen LogP contribution in [0.5, 0.6) is 0 Å². The normalized spacial score (nSPS) is 36.0. The predicted molar refractivity (Wildman–Crippen MR) is 80.8 cm³/mol. The highest BCUT2D eigenvalue weighted by Gasteiger charge is 2.46. The number of esters is 1. The summed E-state index contributed by atoms with van der Waals surface area (Å²) in [5.74, 6) is 0.0749. The molecule has 4 aliphatic rings. The summed E-state index contributed by atoms with van der Waals surface area (Å²) in [5, 5.41) is 10.9. The van der Waals surface area contributed by atoms with Crippen LogP contribution in [0.25, 0.3) is 0 Å². The number of piperidine rings is 3. The van der Waals surface area contributed by atoms with E-state index >= 15 is 0 Å². The number of fused-ring (bicyclic) bond motifs is 3. The van der Waals surface area contributed by atoms with Crippen molar-refractivity contribution in [3.8, 4) is 0 Å². The Morgan fingerprint density at radius 3 is 2.43 bits per heavy atom. The number of aliphatic hydroxyl groups is 1. The van der Waals surface area contributed by atoms with Crippen LogP contribution in [0.2, 0.25) is 0 Å². The third-order valence-electron chi connectivity index (χ3n) is 5.58. The molecule has 0 spiro atoms. The van der Waals surface area contributed by atoms with E-state index in [1.807, 2.05) is 6.92 Å². The number of carbonyl (C=O) groups is 1. The number of hydrogen-bond donors (Lipinski definition) is 1. The molecule has 0 radical (unpaired) electrons.